The highest BCUT2D eigenvalue weighted by Crippen LogP contribution is 2.36. The van der Waals surface area contributed by atoms with Crippen LogP contribution < -0.4 is 4.74 Å². The second-order valence-electron chi connectivity index (χ2n) is 11.8. The normalized spacial score (nSPS) is 19.8. The Balaban J connectivity index is 1.56. The van der Waals surface area contributed by atoms with Crippen molar-refractivity contribution in [3.8, 4) is 5.75 Å². The number of fused-ring (bicyclic) bond motifs is 1. The van der Waals surface area contributed by atoms with Gasteiger partial charge in [0.1, 0.15) is 17.3 Å². The lowest BCUT2D eigenvalue weighted by molar-refractivity contribution is -0.122. The molecule has 0 aromatic heterocycles. The summed E-state index contributed by atoms with van der Waals surface area (Å²) in [7, 11) is 0. The molecule has 0 bridgehead atoms. The topological polar surface area (TPSA) is 65.0 Å². The number of hydrogen-bond donors (Lipinski definition) is 0. The lowest BCUT2D eigenvalue weighted by Gasteiger charge is -2.29. The molecule has 5 nitrogen and oxygen atoms in total. The van der Waals surface area contributed by atoms with E-state index in [0.717, 1.165) is 42.0 Å². The molecule has 0 fully saturated rings. The predicted octanol–water partition coefficient (Wildman–Crippen LogP) is 7.70. The van der Waals surface area contributed by atoms with Gasteiger partial charge in [0, 0.05) is 44.1 Å². The van der Waals surface area contributed by atoms with Crippen molar-refractivity contribution in [1.29, 1.82) is 0 Å². The fourth-order valence-electron chi connectivity index (χ4n) is 6.22. The van der Waals surface area contributed by atoms with E-state index < -0.39 is 0 Å². The number of rotatable bonds is 15. The van der Waals surface area contributed by atoms with Crippen molar-refractivity contribution in [3.63, 3.8) is 0 Å². The summed E-state index contributed by atoms with van der Waals surface area (Å²) in [5.41, 5.74) is 5.41. The van der Waals surface area contributed by atoms with Crippen LogP contribution in [0.2, 0.25) is 0 Å². The molecule has 2 aromatic rings. The van der Waals surface area contributed by atoms with Crippen LogP contribution >= 0.6 is 0 Å². The van der Waals surface area contributed by atoms with Gasteiger partial charge in [0.25, 0.3) is 0 Å². The fourth-order valence-corrected chi connectivity index (χ4v) is 6.22. The Hall–Kier alpha value is -3.31. The van der Waals surface area contributed by atoms with Gasteiger partial charge in [-0.2, -0.15) is 0 Å². The summed E-state index contributed by atoms with van der Waals surface area (Å²) in [6.45, 7) is 10.3. The summed E-state index contributed by atoms with van der Waals surface area (Å²) in [6.07, 6.45) is 10.7. The summed E-state index contributed by atoms with van der Waals surface area (Å²) in [6, 6.07) is 16.5. The van der Waals surface area contributed by atoms with E-state index in [1.165, 1.54) is 11.1 Å². The van der Waals surface area contributed by atoms with E-state index >= 15 is 0 Å². The van der Waals surface area contributed by atoms with Gasteiger partial charge in [0.15, 0.2) is 0 Å². The van der Waals surface area contributed by atoms with Gasteiger partial charge in [-0.05, 0) is 87.6 Å². The summed E-state index contributed by atoms with van der Waals surface area (Å²) in [4.78, 5) is 31.9. The zero-order valence-electron chi connectivity index (χ0n) is 25.8. The van der Waals surface area contributed by atoms with E-state index in [0.29, 0.717) is 45.5 Å². The Morgan fingerprint density at radius 2 is 1.74 bits per heavy atom. The standard InChI is InChI=1S/C37H47NO4/c1-5-41-22-21-30(17-18-32(39)24-29-13-11-26(3)12-14-29)27(4)37-31(23-28-15-19-33(20-16-28)42-6-2)25-36(40)34-9-7-8-10-35(34)38-37/h7-8,10-16,19-20,27,30-31,34H,5-6,9,17-18,21-25H2,1-4H3. The van der Waals surface area contributed by atoms with Crippen molar-refractivity contribution in [2.75, 3.05) is 19.8 Å². The molecule has 0 radical (unpaired) electrons. The first-order valence-electron chi connectivity index (χ1n) is 15.7. The Morgan fingerprint density at radius 1 is 1.00 bits per heavy atom. The highest BCUT2D eigenvalue weighted by atomic mass is 16.5. The first-order valence-corrected chi connectivity index (χ1v) is 15.7. The smallest absolute Gasteiger partial charge is 0.142 e. The van der Waals surface area contributed by atoms with E-state index in [1.807, 2.05) is 50.3 Å². The van der Waals surface area contributed by atoms with Crippen LogP contribution in [0.3, 0.4) is 0 Å². The second-order valence-corrected chi connectivity index (χ2v) is 11.8. The van der Waals surface area contributed by atoms with Crippen LogP contribution in [-0.2, 0) is 27.2 Å². The summed E-state index contributed by atoms with van der Waals surface area (Å²) in [5, 5.41) is 0. The third-order valence-electron chi connectivity index (χ3n) is 8.69. The van der Waals surface area contributed by atoms with Crippen molar-refractivity contribution in [1.82, 2.24) is 0 Å². The van der Waals surface area contributed by atoms with Crippen molar-refractivity contribution in [2.24, 2.45) is 28.7 Å². The van der Waals surface area contributed by atoms with Gasteiger partial charge < -0.3 is 9.47 Å². The maximum absolute atomic E-state index is 13.5. The van der Waals surface area contributed by atoms with E-state index in [1.54, 1.807) is 0 Å². The SMILES string of the molecule is CCOCCC(CCC(=O)Cc1ccc(C)cc1)C(C)C1=NC2=CC=CCC2C(=O)CC1Cc1ccc(OCC)cc1. The third-order valence-corrected chi connectivity index (χ3v) is 8.69. The average Bonchev–Trinajstić information content (AvgIpc) is 3.13. The number of benzene rings is 2. The van der Waals surface area contributed by atoms with Gasteiger partial charge in [-0.1, -0.05) is 61.0 Å². The molecule has 1 aliphatic heterocycles. The number of carbonyl (C=O) groups excluding carboxylic acids is 2. The van der Waals surface area contributed by atoms with Crippen molar-refractivity contribution < 1.29 is 19.1 Å². The van der Waals surface area contributed by atoms with Crippen molar-refractivity contribution in [3.05, 3.63) is 89.1 Å². The summed E-state index contributed by atoms with van der Waals surface area (Å²) in [5.74, 6) is 1.57. The minimum Gasteiger partial charge on any atom is -0.494 e. The van der Waals surface area contributed by atoms with Crippen LogP contribution in [0, 0.1) is 30.6 Å². The molecule has 0 spiro atoms. The fraction of sp³-hybridized carbons (Fsp3) is 0.486. The zero-order valence-corrected chi connectivity index (χ0v) is 25.8. The predicted molar refractivity (Wildman–Crippen MR) is 170 cm³/mol. The van der Waals surface area contributed by atoms with Crippen LogP contribution in [0.5, 0.6) is 5.75 Å². The quantitative estimate of drug-likeness (QED) is 0.206. The molecule has 0 saturated carbocycles. The molecule has 0 N–H and O–H groups in total. The monoisotopic (exact) mass is 569 g/mol. The number of aryl methyl sites for hydroxylation is 1. The van der Waals surface area contributed by atoms with Gasteiger partial charge in [0.2, 0.25) is 0 Å². The van der Waals surface area contributed by atoms with Crippen LogP contribution in [0.25, 0.3) is 0 Å². The molecular weight excluding hydrogens is 522 g/mol. The molecule has 4 rings (SSSR count). The first kappa shape index (κ1) is 31.6. The second kappa shape index (κ2) is 15.8. The molecule has 2 aromatic carbocycles. The molecule has 1 heterocycles. The Kier molecular flexibility index (Phi) is 11.9. The van der Waals surface area contributed by atoms with Gasteiger partial charge in [-0.15, -0.1) is 0 Å². The summed E-state index contributed by atoms with van der Waals surface area (Å²) >= 11 is 0. The number of ketones is 2. The number of ether oxygens (including phenoxy) is 2. The third kappa shape index (κ3) is 8.84. The van der Waals surface area contributed by atoms with Crippen molar-refractivity contribution >= 4 is 17.3 Å². The maximum Gasteiger partial charge on any atom is 0.142 e. The van der Waals surface area contributed by atoms with Gasteiger partial charge in [-0.3, -0.25) is 14.6 Å². The molecule has 42 heavy (non-hydrogen) atoms. The zero-order chi connectivity index (χ0) is 29.9. The van der Waals surface area contributed by atoms with Crippen LogP contribution in [0.4, 0.5) is 0 Å². The van der Waals surface area contributed by atoms with E-state index in [-0.39, 0.29) is 35.2 Å². The minimum atomic E-state index is -0.166. The van der Waals surface area contributed by atoms with Gasteiger partial charge in [-0.25, -0.2) is 0 Å². The number of nitrogens with zero attached hydrogens (tertiary/aromatic N) is 1. The number of allylic oxidation sites excluding steroid dienone is 4. The minimum absolute atomic E-state index is 0.00907. The molecule has 224 valence electrons. The van der Waals surface area contributed by atoms with E-state index in [9.17, 15) is 9.59 Å². The molecule has 4 unspecified atom stereocenters. The number of Topliss-reactive ketones (excluding diaryl/α,β-unsaturated/α-hetero) is 2. The van der Waals surface area contributed by atoms with Gasteiger partial charge in [0.05, 0.1) is 18.2 Å². The number of aliphatic imine (C=N–C) groups is 1. The maximum atomic E-state index is 13.5. The summed E-state index contributed by atoms with van der Waals surface area (Å²) < 4.78 is 11.4. The Morgan fingerprint density at radius 3 is 2.45 bits per heavy atom. The lowest BCUT2D eigenvalue weighted by atomic mass is 9.76. The first-order chi connectivity index (χ1) is 20.4. The Bertz CT molecular complexity index is 1270. The molecule has 5 heteroatoms. The van der Waals surface area contributed by atoms with Gasteiger partial charge >= 0.3 is 0 Å². The van der Waals surface area contributed by atoms with E-state index in [2.05, 4.69) is 44.2 Å². The van der Waals surface area contributed by atoms with Crippen LogP contribution in [0.1, 0.15) is 69.6 Å². The molecule has 1 aliphatic carbocycles. The van der Waals surface area contributed by atoms with Crippen LogP contribution in [0.15, 0.2) is 77.4 Å². The average molecular weight is 570 g/mol. The number of carbonyl (C=O) groups is 2. The molecule has 4 atom stereocenters. The molecule has 2 aliphatic rings. The Labute approximate surface area is 252 Å². The van der Waals surface area contributed by atoms with Crippen molar-refractivity contribution in [2.45, 2.75) is 72.6 Å². The highest BCUT2D eigenvalue weighted by Gasteiger charge is 2.36. The lowest BCUT2D eigenvalue weighted by Crippen LogP contribution is -2.31. The molecular formula is C37H47NO4. The number of hydrogen-bond acceptors (Lipinski definition) is 5. The van der Waals surface area contributed by atoms with E-state index in [4.69, 9.17) is 14.5 Å². The molecule has 0 amide bonds. The largest absolute Gasteiger partial charge is 0.494 e. The molecule has 0 saturated heterocycles. The highest BCUT2D eigenvalue weighted by molar-refractivity contribution is 5.98. The van der Waals surface area contributed by atoms with Crippen LogP contribution in [-0.4, -0.2) is 37.1 Å².